The predicted octanol–water partition coefficient (Wildman–Crippen LogP) is 2.53. The normalized spacial score (nSPS) is 11.0. The molecule has 0 bridgehead atoms. The van der Waals surface area contributed by atoms with E-state index in [-0.39, 0.29) is 4.90 Å². The molecule has 2 rings (SSSR count). The molecule has 0 saturated heterocycles. The van der Waals surface area contributed by atoms with Crippen molar-refractivity contribution in [3.8, 4) is 0 Å². The lowest BCUT2D eigenvalue weighted by atomic mass is 10.2. The van der Waals surface area contributed by atoms with Crippen molar-refractivity contribution in [2.75, 3.05) is 16.8 Å². The summed E-state index contributed by atoms with van der Waals surface area (Å²) in [4.78, 5) is 12.4. The minimum absolute atomic E-state index is 0.123. The van der Waals surface area contributed by atoms with Gasteiger partial charge in [0.1, 0.15) is 0 Å². The van der Waals surface area contributed by atoms with Gasteiger partial charge in [-0.15, -0.1) is 0 Å². The molecule has 0 aromatic heterocycles. The maximum absolute atomic E-state index is 11.2. The molecule has 0 aliphatic heterocycles. The summed E-state index contributed by atoms with van der Waals surface area (Å²) in [6, 6.07) is 13.6. The van der Waals surface area contributed by atoms with Crippen LogP contribution in [0, 0.1) is 0 Å². The van der Waals surface area contributed by atoms with Crippen LogP contribution in [0.5, 0.6) is 0 Å². The highest BCUT2D eigenvalue weighted by Gasteiger charge is 2.11. The first-order valence-electron chi connectivity index (χ1n) is 7.05. The molecule has 2 aromatic carbocycles. The lowest BCUT2D eigenvalue weighted by molar-refractivity contribution is -0.105. The molecule has 2 N–H and O–H groups in total. The van der Waals surface area contributed by atoms with Gasteiger partial charge < -0.3 is 10.2 Å². The number of carbonyl (C=O) groups excluding carboxylic acids is 1. The molecule has 0 radical (unpaired) electrons. The summed E-state index contributed by atoms with van der Waals surface area (Å²) in [5, 5.41) is 2.60. The van der Waals surface area contributed by atoms with E-state index in [0.717, 1.165) is 11.3 Å². The second-order valence-electron chi connectivity index (χ2n) is 4.95. The Bertz CT molecular complexity index is 790. The molecule has 122 valence electrons. The van der Waals surface area contributed by atoms with Crippen molar-refractivity contribution in [1.82, 2.24) is 0 Å². The Morgan fingerprint density at radius 2 is 1.91 bits per heavy atom. The third-order valence-electron chi connectivity index (χ3n) is 3.39. The van der Waals surface area contributed by atoms with Crippen LogP contribution >= 0.6 is 0 Å². The molecule has 0 atom stereocenters. The van der Waals surface area contributed by atoms with Crippen molar-refractivity contribution in [1.29, 1.82) is 0 Å². The Morgan fingerprint density at radius 3 is 2.57 bits per heavy atom. The molecular weight excluding hydrogens is 316 g/mol. The fourth-order valence-corrected chi connectivity index (χ4v) is 2.82. The van der Waals surface area contributed by atoms with Crippen molar-refractivity contribution >= 4 is 27.9 Å². The maximum atomic E-state index is 11.2. The van der Waals surface area contributed by atoms with Gasteiger partial charge in [-0.05, 0) is 42.8 Å². The van der Waals surface area contributed by atoms with E-state index in [9.17, 15) is 13.2 Å². The number of anilines is 2. The lowest BCUT2D eigenvalue weighted by Gasteiger charge is -2.24. The van der Waals surface area contributed by atoms with Crippen LogP contribution in [0.15, 0.2) is 53.4 Å². The number of amides is 1. The standard InChI is InChI=1S/C16H18N2O4S/c1-2-18(15-7-4-6-14(10-15)17-12-19)11-13-5-3-8-16(9-13)23(20,21)22/h3-10,12H,2,11H2,1H3,(H,17,19)(H,20,21,22). The highest BCUT2D eigenvalue weighted by atomic mass is 32.2. The highest BCUT2D eigenvalue weighted by Crippen LogP contribution is 2.22. The highest BCUT2D eigenvalue weighted by molar-refractivity contribution is 7.85. The molecule has 1 amide bonds. The molecule has 0 heterocycles. The monoisotopic (exact) mass is 334 g/mol. The maximum Gasteiger partial charge on any atom is 0.294 e. The number of benzene rings is 2. The number of hydrogen-bond donors (Lipinski definition) is 2. The fourth-order valence-electron chi connectivity index (χ4n) is 2.27. The quantitative estimate of drug-likeness (QED) is 0.600. The molecule has 0 fully saturated rings. The Kier molecular flexibility index (Phi) is 5.36. The number of nitrogens with zero attached hydrogens (tertiary/aromatic N) is 1. The van der Waals surface area contributed by atoms with E-state index in [2.05, 4.69) is 5.32 Å². The molecule has 0 aliphatic rings. The zero-order valence-corrected chi connectivity index (χ0v) is 13.5. The first kappa shape index (κ1) is 17.0. The summed E-state index contributed by atoms with van der Waals surface area (Å²) in [5.74, 6) is 0. The minimum Gasteiger partial charge on any atom is -0.367 e. The average Bonchev–Trinajstić information content (AvgIpc) is 2.53. The van der Waals surface area contributed by atoms with Crippen LogP contribution in [0.25, 0.3) is 0 Å². The smallest absolute Gasteiger partial charge is 0.294 e. The molecule has 0 aliphatic carbocycles. The molecule has 0 unspecified atom stereocenters. The van der Waals surface area contributed by atoms with E-state index >= 15 is 0 Å². The van der Waals surface area contributed by atoms with E-state index in [0.29, 0.717) is 25.2 Å². The van der Waals surface area contributed by atoms with Crippen molar-refractivity contribution in [3.05, 3.63) is 54.1 Å². The fraction of sp³-hybridized carbons (Fsp3) is 0.188. The first-order valence-corrected chi connectivity index (χ1v) is 8.49. The number of carbonyl (C=O) groups is 1. The van der Waals surface area contributed by atoms with Gasteiger partial charge in [0.2, 0.25) is 6.41 Å². The van der Waals surface area contributed by atoms with Crippen LogP contribution in [0.1, 0.15) is 12.5 Å². The van der Waals surface area contributed by atoms with Crippen molar-refractivity contribution in [2.45, 2.75) is 18.4 Å². The summed E-state index contributed by atoms with van der Waals surface area (Å²) < 4.78 is 31.6. The van der Waals surface area contributed by atoms with E-state index in [1.165, 1.54) is 12.1 Å². The Hall–Kier alpha value is -2.38. The van der Waals surface area contributed by atoms with Crippen LogP contribution in [-0.4, -0.2) is 25.9 Å². The second-order valence-corrected chi connectivity index (χ2v) is 6.37. The number of hydrogen-bond acceptors (Lipinski definition) is 4. The Balaban J connectivity index is 2.26. The van der Waals surface area contributed by atoms with Gasteiger partial charge in [-0.3, -0.25) is 9.35 Å². The molecule has 23 heavy (non-hydrogen) atoms. The minimum atomic E-state index is -4.21. The molecular formula is C16H18N2O4S. The average molecular weight is 334 g/mol. The number of rotatable bonds is 7. The topological polar surface area (TPSA) is 86.7 Å². The van der Waals surface area contributed by atoms with E-state index in [4.69, 9.17) is 4.55 Å². The van der Waals surface area contributed by atoms with Crippen molar-refractivity contribution in [2.24, 2.45) is 0 Å². The van der Waals surface area contributed by atoms with Crippen molar-refractivity contribution < 1.29 is 17.8 Å². The van der Waals surface area contributed by atoms with Gasteiger partial charge in [0, 0.05) is 24.5 Å². The van der Waals surface area contributed by atoms with Crippen molar-refractivity contribution in [3.63, 3.8) is 0 Å². The van der Waals surface area contributed by atoms with E-state index in [1.807, 2.05) is 30.0 Å². The molecule has 6 nitrogen and oxygen atoms in total. The Labute approximate surface area is 135 Å². The van der Waals surface area contributed by atoms with E-state index < -0.39 is 10.1 Å². The lowest BCUT2D eigenvalue weighted by Crippen LogP contribution is -2.22. The summed E-state index contributed by atoms with van der Waals surface area (Å²) in [5.41, 5.74) is 2.34. The van der Waals surface area contributed by atoms with Crippen LogP contribution in [-0.2, 0) is 21.5 Å². The zero-order chi connectivity index (χ0) is 16.9. The van der Waals surface area contributed by atoms with Gasteiger partial charge in [-0.25, -0.2) is 0 Å². The molecule has 0 saturated carbocycles. The first-order chi connectivity index (χ1) is 10.9. The molecule has 2 aromatic rings. The second kappa shape index (κ2) is 7.26. The SMILES string of the molecule is CCN(Cc1cccc(S(=O)(=O)O)c1)c1cccc(NC=O)c1. The van der Waals surface area contributed by atoms with Crippen LogP contribution in [0.2, 0.25) is 0 Å². The van der Waals surface area contributed by atoms with Gasteiger partial charge in [-0.1, -0.05) is 18.2 Å². The third-order valence-corrected chi connectivity index (χ3v) is 4.24. The Morgan fingerprint density at radius 1 is 1.17 bits per heavy atom. The van der Waals surface area contributed by atoms with Crippen LogP contribution in [0.3, 0.4) is 0 Å². The van der Waals surface area contributed by atoms with Gasteiger partial charge in [0.25, 0.3) is 10.1 Å². The third kappa shape index (κ3) is 4.54. The van der Waals surface area contributed by atoms with Gasteiger partial charge in [-0.2, -0.15) is 8.42 Å². The number of nitrogens with one attached hydrogen (secondary N) is 1. The van der Waals surface area contributed by atoms with Crippen LogP contribution < -0.4 is 10.2 Å². The summed E-state index contributed by atoms with van der Waals surface area (Å²) in [7, 11) is -4.21. The molecule has 0 spiro atoms. The summed E-state index contributed by atoms with van der Waals surface area (Å²) in [6.07, 6.45) is 0.616. The van der Waals surface area contributed by atoms with Gasteiger partial charge in [0.05, 0.1) is 4.90 Å². The predicted molar refractivity (Wildman–Crippen MR) is 89.1 cm³/mol. The summed E-state index contributed by atoms with van der Waals surface area (Å²) in [6.45, 7) is 3.15. The van der Waals surface area contributed by atoms with Crippen LogP contribution in [0.4, 0.5) is 11.4 Å². The van der Waals surface area contributed by atoms with Gasteiger partial charge in [0.15, 0.2) is 0 Å². The largest absolute Gasteiger partial charge is 0.367 e. The summed E-state index contributed by atoms with van der Waals surface area (Å²) >= 11 is 0. The van der Waals surface area contributed by atoms with Gasteiger partial charge >= 0.3 is 0 Å². The van der Waals surface area contributed by atoms with E-state index in [1.54, 1.807) is 18.2 Å². The molecule has 7 heteroatoms. The zero-order valence-electron chi connectivity index (χ0n) is 12.6.